The normalized spacial score (nSPS) is 20.8. The summed E-state index contributed by atoms with van der Waals surface area (Å²) >= 11 is 6.02. The number of fused-ring (bicyclic) bond motifs is 1. The van der Waals surface area contributed by atoms with Gasteiger partial charge in [-0.15, -0.1) is 0 Å². The van der Waals surface area contributed by atoms with Crippen LogP contribution in [0.4, 0.5) is 5.69 Å². The van der Waals surface area contributed by atoms with Gasteiger partial charge in [0, 0.05) is 7.05 Å². The highest BCUT2D eigenvalue weighted by Gasteiger charge is 2.21. The molecule has 1 aliphatic rings. The first kappa shape index (κ1) is 8.70. The molecule has 1 heterocycles. The summed E-state index contributed by atoms with van der Waals surface area (Å²) in [6.45, 7) is 2.95. The van der Waals surface area contributed by atoms with Crippen LogP contribution in [0.25, 0.3) is 0 Å². The number of rotatable bonds is 0. The zero-order valence-electron chi connectivity index (χ0n) is 7.75. The molecule has 13 heavy (non-hydrogen) atoms. The minimum atomic E-state index is 0.206. The van der Waals surface area contributed by atoms with E-state index in [1.807, 2.05) is 32.2 Å². The van der Waals surface area contributed by atoms with Crippen LogP contribution in [0.3, 0.4) is 0 Å². The van der Waals surface area contributed by atoms with Crippen molar-refractivity contribution in [2.24, 2.45) is 0 Å². The third-order valence-electron chi connectivity index (χ3n) is 2.21. The summed E-state index contributed by atoms with van der Waals surface area (Å²) in [5.41, 5.74) is 1.07. The predicted octanol–water partition coefficient (Wildman–Crippen LogP) is 2.56. The van der Waals surface area contributed by atoms with Crippen LogP contribution in [0.1, 0.15) is 6.92 Å². The van der Waals surface area contributed by atoms with Crippen molar-refractivity contribution in [1.82, 2.24) is 0 Å². The molecule has 0 radical (unpaired) electrons. The van der Waals surface area contributed by atoms with Gasteiger partial charge in [0.2, 0.25) is 0 Å². The van der Waals surface area contributed by atoms with Crippen molar-refractivity contribution in [3.63, 3.8) is 0 Å². The van der Waals surface area contributed by atoms with Crippen molar-refractivity contribution < 1.29 is 4.74 Å². The van der Waals surface area contributed by atoms with Gasteiger partial charge < -0.3 is 9.64 Å². The molecule has 0 spiro atoms. The first-order valence-corrected chi connectivity index (χ1v) is 4.72. The Balaban J connectivity index is 2.49. The first-order chi connectivity index (χ1) is 6.18. The maximum Gasteiger partial charge on any atom is 0.161 e. The van der Waals surface area contributed by atoms with Crippen molar-refractivity contribution in [1.29, 1.82) is 0 Å². The second-order valence-electron chi connectivity index (χ2n) is 3.40. The molecule has 0 saturated carbocycles. The van der Waals surface area contributed by atoms with Crippen LogP contribution in [-0.2, 0) is 0 Å². The number of hydrogen-bond acceptors (Lipinski definition) is 2. The van der Waals surface area contributed by atoms with Crippen LogP contribution in [0, 0.1) is 0 Å². The SMILES string of the molecule is CC1CN(C)c2cccc(Cl)c2O1. The average Bonchev–Trinajstić information content (AvgIpc) is 2.07. The highest BCUT2D eigenvalue weighted by molar-refractivity contribution is 6.32. The van der Waals surface area contributed by atoms with Gasteiger partial charge in [0.1, 0.15) is 6.10 Å². The fourth-order valence-corrected chi connectivity index (χ4v) is 1.85. The van der Waals surface area contributed by atoms with E-state index in [1.165, 1.54) is 0 Å². The molecular formula is C10H12ClNO. The van der Waals surface area contributed by atoms with E-state index in [1.54, 1.807) is 0 Å². The Labute approximate surface area is 83.1 Å². The molecule has 0 bridgehead atoms. The van der Waals surface area contributed by atoms with Gasteiger partial charge in [0.15, 0.2) is 5.75 Å². The molecule has 0 aliphatic carbocycles. The molecule has 2 rings (SSSR count). The van der Waals surface area contributed by atoms with Gasteiger partial charge in [-0.05, 0) is 19.1 Å². The van der Waals surface area contributed by atoms with E-state index in [-0.39, 0.29) is 6.10 Å². The van der Waals surface area contributed by atoms with Gasteiger partial charge in [-0.1, -0.05) is 17.7 Å². The zero-order valence-corrected chi connectivity index (χ0v) is 8.51. The number of halogens is 1. The summed E-state index contributed by atoms with van der Waals surface area (Å²) in [6.07, 6.45) is 0.206. The molecule has 1 aliphatic heterocycles. The predicted molar refractivity (Wildman–Crippen MR) is 54.8 cm³/mol. The van der Waals surface area contributed by atoms with Crippen molar-refractivity contribution in [3.05, 3.63) is 23.2 Å². The van der Waals surface area contributed by atoms with E-state index in [0.717, 1.165) is 18.0 Å². The van der Waals surface area contributed by atoms with Gasteiger partial charge in [0.25, 0.3) is 0 Å². The molecule has 1 atom stereocenters. The number of hydrogen-bond donors (Lipinski definition) is 0. The minimum absolute atomic E-state index is 0.206. The Morgan fingerprint density at radius 2 is 2.31 bits per heavy atom. The minimum Gasteiger partial charge on any atom is -0.485 e. The molecule has 0 aromatic heterocycles. The van der Waals surface area contributed by atoms with E-state index in [2.05, 4.69) is 4.90 Å². The monoisotopic (exact) mass is 197 g/mol. The maximum atomic E-state index is 6.02. The highest BCUT2D eigenvalue weighted by atomic mass is 35.5. The molecular weight excluding hydrogens is 186 g/mol. The Bertz CT molecular complexity index is 327. The van der Waals surface area contributed by atoms with Crippen molar-refractivity contribution in [2.45, 2.75) is 13.0 Å². The summed E-state index contributed by atoms with van der Waals surface area (Å²) in [4.78, 5) is 2.16. The Hall–Kier alpha value is -0.890. The molecule has 3 heteroatoms. The molecule has 0 fully saturated rings. The largest absolute Gasteiger partial charge is 0.485 e. The second-order valence-corrected chi connectivity index (χ2v) is 3.80. The topological polar surface area (TPSA) is 12.5 Å². The van der Waals surface area contributed by atoms with E-state index in [0.29, 0.717) is 5.02 Å². The Morgan fingerprint density at radius 1 is 1.54 bits per heavy atom. The molecule has 1 aromatic rings. The van der Waals surface area contributed by atoms with Gasteiger partial charge in [-0.3, -0.25) is 0 Å². The van der Waals surface area contributed by atoms with Crippen LogP contribution in [0.15, 0.2) is 18.2 Å². The summed E-state index contributed by atoms with van der Waals surface area (Å²) < 4.78 is 5.66. The van der Waals surface area contributed by atoms with E-state index >= 15 is 0 Å². The molecule has 0 saturated heterocycles. The third kappa shape index (κ3) is 1.46. The summed E-state index contributed by atoms with van der Waals surface area (Å²) in [5.74, 6) is 0.811. The molecule has 0 N–H and O–H groups in total. The molecule has 2 nitrogen and oxygen atoms in total. The molecule has 0 amide bonds. The Morgan fingerprint density at radius 3 is 3.08 bits per heavy atom. The van der Waals surface area contributed by atoms with Gasteiger partial charge >= 0.3 is 0 Å². The number of nitrogens with zero attached hydrogens (tertiary/aromatic N) is 1. The Kier molecular flexibility index (Phi) is 2.08. The summed E-state index contributed by atoms with van der Waals surface area (Å²) in [6, 6.07) is 5.82. The fraction of sp³-hybridized carbons (Fsp3) is 0.400. The van der Waals surface area contributed by atoms with Crippen molar-refractivity contribution in [2.75, 3.05) is 18.5 Å². The molecule has 1 aromatic carbocycles. The van der Waals surface area contributed by atoms with E-state index < -0.39 is 0 Å². The van der Waals surface area contributed by atoms with Crippen molar-refractivity contribution in [3.8, 4) is 5.75 Å². The second kappa shape index (κ2) is 3.11. The summed E-state index contributed by atoms with van der Waals surface area (Å²) in [7, 11) is 2.05. The quantitative estimate of drug-likeness (QED) is 0.634. The lowest BCUT2D eigenvalue weighted by Crippen LogP contribution is -2.35. The van der Waals surface area contributed by atoms with Crippen LogP contribution in [0.5, 0.6) is 5.75 Å². The van der Waals surface area contributed by atoms with Crippen LogP contribution >= 0.6 is 11.6 Å². The third-order valence-corrected chi connectivity index (χ3v) is 2.51. The van der Waals surface area contributed by atoms with Crippen LogP contribution in [0.2, 0.25) is 5.02 Å². The lowest BCUT2D eigenvalue weighted by Gasteiger charge is -2.32. The molecule has 1 unspecified atom stereocenters. The summed E-state index contributed by atoms with van der Waals surface area (Å²) in [5, 5.41) is 0.691. The van der Waals surface area contributed by atoms with E-state index in [9.17, 15) is 0 Å². The van der Waals surface area contributed by atoms with Crippen molar-refractivity contribution >= 4 is 17.3 Å². The zero-order chi connectivity index (χ0) is 9.42. The average molecular weight is 198 g/mol. The van der Waals surface area contributed by atoms with Crippen LogP contribution < -0.4 is 9.64 Å². The maximum absolute atomic E-state index is 6.02. The number of para-hydroxylation sites is 1. The smallest absolute Gasteiger partial charge is 0.161 e. The lowest BCUT2D eigenvalue weighted by atomic mass is 10.2. The van der Waals surface area contributed by atoms with Crippen LogP contribution in [-0.4, -0.2) is 19.7 Å². The fourth-order valence-electron chi connectivity index (χ4n) is 1.64. The number of benzene rings is 1. The van der Waals surface area contributed by atoms with Gasteiger partial charge in [-0.25, -0.2) is 0 Å². The number of likely N-dealkylation sites (N-methyl/N-ethyl adjacent to an activating group) is 1. The van der Waals surface area contributed by atoms with Gasteiger partial charge in [0.05, 0.1) is 17.3 Å². The highest BCUT2D eigenvalue weighted by Crippen LogP contribution is 2.38. The van der Waals surface area contributed by atoms with E-state index in [4.69, 9.17) is 16.3 Å². The van der Waals surface area contributed by atoms with Gasteiger partial charge in [-0.2, -0.15) is 0 Å². The number of ether oxygens (including phenoxy) is 1. The molecule has 70 valence electrons. The first-order valence-electron chi connectivity index (χ1n) is 4.35. The standard InChI is InChI=1S/C10H12ClNO/c1-7-6-12(2)9-5-3-4-8(11)10(9)13-7/h3-5,7H,6H2,1-2H3. The number of anilines is 1. The lowest BCUT2D eigenvalue weighted by molar-refractivity contribution is 0.215.